The number of nitrogens with zero attached hydrogens (tertiary/aromatic N) is 2. The van der Waals surface area contributed by atoms with Crippen molar-refractivity contribution in [3.8, 4) is 0 Å². The summed E-state index contributed by atoms with van der Waals surface area (Å²) in [6.07, 6.45) is 6.08. The van der Waals surface area contributed by atoms with Gasteiger partial charge in [-0.2, -0.15) is 5.10 Å². The minimum atomic E-state index is -0.452. The molecule has 0 unspecified atom stereocenters. The van der Waals surface area contributed by atoms with E-state index in [2.05, 4.69) is 17.3 Å². The van der Waals surface area contributed by atoms with Crippen LogP contribution >= 0.6 is 0 Å². The van der Waals surface area contributed by atoms with Crippen LogP contribution in [-0.4, -0.2) is 35.4 Å². The Labute approximate surface area is 107 Å². The van der Waals surface area contributed by atoms with Crippen LogP contribution in [0.2, 0.25) is 0 Å². The topological polar surface area (TPSA) is 82.2 Å². The highest BCUT2D eigenvalue weighted by molar-refractivity contribution is 5.94. The first-order valence-corrected chi connectivity index (χ1v) is 6.25. The highest BCUT2D eigenvalue weighted by Crippen LogP contribution is 2.07. The second-order valence-corrected chi connectivity index (χ2v) is 4.22. The van der Waals surface area contributed by atoms with E-state index in [1.807, 2.05) is 0 Å². The second kappa shape index (κ2) is 7.84. The van der Waals surface area contributed by atoms with E-state index in [9.17, 15) is 4.79 Å². The maximum absolute atomic E-state index is 11.7. The zero-order chi connectivity index (χ0) is 13.4. The number of unbranched alkanes of at least 4 members (excludes halogenated alkanes) is 1. The molecule has 0 fully saturated rings. The van der Waals surface area contributed by atoms with Gasteiger partial charge in [-0.15, -0.1) is 0 Å². The molecule has 0 saturated heterocycles. The Morgan fingerprint density at radius 2 is 2.44 bits per heavy atom. The van der Waals surface area contributed by atoms with E-state index in [4.69, 9.17) is 10.5 Å². The van der Waals surface area contributed by atoms with Gasteiger partial charge in [0.05, 0.1) is 31.1 Å². The van der Waals surface area contributed by atoms with Gasteiger partial charge in [-0.05, 0) is 6.42 Å². The molecule has 1 heterocycles. The average Bonchev–Trinajstić information content (AvgIpc) is 2.80. The molecule has 6 nitrogen and oxygen atoms in total. The SMILES string of the molecule is CCCC[C@H](N)C(=O)Nc1cnn(CCOC)c1. The van der Waals surface area contributed by atoms with Crippen LogP contribution in [0.3, 0.4) is 0 Å². The molecule has 0 saturated carbocycles. The Hall–Kier alpha value is -1.40. The molecule has 102 valence electrons. The number of rotatable bonds is 8. The summed E-state index contributed by atoms with van der Waals surface area (Å²) in [5.74, 6) is -0.158. The zero-order valence-electron chi connectivity index (χ0n) is 11.1. The molecule has 6 heteroatoms. The molecule has 0 aliphatic heterocycles. The molecule has 1 aromatic heterocycles. The van der Waals surface area contributed by atoms with Crippen molar-refractivity contribution in [2.45, 2.75) is 38.8 Å². The van der Waals surface area contributed by atoms with Crippen molar-refractivity contribution in [2.75, 3.05) is 19.0 Å². The van der Waals surface area contributed by atoms with E-state index in [0.717, 1.165) is 12.8 Å². The molecule has 1 atom stereocenters. The predicted molar refractivity (Wildman–Crippen MR) is 70.2 cm³/mol. The average molecular weight is 254 g/mol. The highest BCUT2D eigenvalue weighted by atomic mass is 16.5. The number of nitrogens with one attached hydrogen (secondary N) is 1. The van der Waals surface area contributed by atoms with Crippen molar-refractivity contribution in [3.63, 3.8) is 0 Å². The molecular weight excluding hydrogens is 232 g/mol. The van der Waals surface area contributed by atoms with Crippen molar-refractivity contribution in [3.05, 3.63) is 12.4 Å². The molecule has 1 aromatic rings. The maximum Gasteiger partial charge on any atom is 0.241 e. The summed E-state index contributed by atoms with van der Waals surface area (Å²) in [5, 5.41) is 6.87. The van der Waals surface area contributed by atoms with Gasteiger partial charge in [-0.25, -0.2) is 0 Å². The summed E-state index contributed by atoms with van der Waals surface area (Å²) >= 11 is 0. The molecule has 0 aromatic carbocycles. The molecule has 0 aliphatic carbocycles. The molecule has 1 rings (SSSR count). The van der Waals surface area contributed by atoms with Gasteiger partial charge >= 0.3 is 0 Å². The quantitative estimate of drug-likeness (QED) is 0.724. The smallest absolute Gasteiger partial charge is 0.241 e. The standard InChI is InChI=1S/C12H22N4O2/c1-3-4-5-11(13)12(17)15-10-8-14-16(9-10)6-7-18-2/h8-9,11H,3-7,13H2,1-2H3,(H,15,17)/t11-/m0/s1. The minimum Gasteiger partial charge on any atom is -0.383 e. The van der Waals surface area contributed by atoms with Gasteiger partial charge in [0.25, 0.3) is 0 Å². The van der Waals surface area contributed by atoms with E-state index in [0.29, 0.717) is 25.3 Å². The van der Waals surface area contributed by atoms with Crippen LogP contribution in [0.15, 0.2) is 12.4 Å². The first-order chi connectivity index (χ1) is 8.67. The monoisotopic (exact) mass is 254 g/mol. The van der Waals surface area contributed by atoms with Crippen molar-refractivity contribution in [1.82, 2.24) is 9.78 Å². The summed E-state index contributed by atoms with van der Waals surface area (Å²) < 4.78 is 6.67. The number of aromatic nitrogens is 2. The molecule has 18 heavy (non-hydrogen) atoms. The van der Waals surface area contributed by atoms with Gasteiger partial charge < -0.3 is 15.8 Å². The van der Waals surface area contributed by atoms with Crippen LogP contribution in [0.1, 0.15) is 26.2 Å². The maximum atomic E-state index is 11.7. The summed E-state index contributed by atoms with van der Waals surface area (Å²) in [5.41, 5.74) is 6.45. The van der Waals surface area contributed by atoms with E-state index < -0.39 is 6.04 Å². The number of hydrogen-bond donors (Lipinski definition) is 2. The third kappa shape index (κ3) is 4.85. The Kier molecular flexibility index (Phi) is 6.38. The highest BCUT2D eigenvalue weighted by Gasteiger charge is 2.13. The summed E-state index contributed by atoms with van der Waals surface area (Å²) in [6.45, 7) is 3.32. The van der Waals surface area contributed by atoms with Gasteiger partial charge in [-0.1, -0.05) is 19.8 Å². The van der Waals surface area contributed by atoms with Crippen molar-refractivity contribution in [1.29, 1.82) is 0 Å². The largest absolute Gasteiger partial charge is 0.383 e. The number of amides is 1. The third-order valence-electron chi connectivity index (χ3n) is 2.63. The predicted octanol–water partition coefficient (Wildman–Crippen LogP) is 0.985. The van der Waals surface area contributed by atoms with Gasteiger partial charge in [0.15, 0.2) is 0 Å². The Morgan fingerprint density at radius 1 is 1.67 bits per heavy atom. The van der Waals surface area contributed by atoms with Crippen LogP contribution in [0, 0.1) is 0 Å². The summed E-state index contributed by atoms with van der Waals surface area (Å²) in [4.78, 5) is 11.7. The first-order valence-electron chi connectivity index (χ1n) is 6.25. The number of ether oxygens (including phenoxy) is 1. The number of methoxy groups -OCH3 is 1. The lowest BCUT2D eigenvalue weighted by atomic mass is 10.1. The minimum absolute atomic E-state index is 0.158. The lowest BCUT2D eigenvalue weighted by Crippen LogP contribution is -2.35. The van der Waals surface area contributed by atoms with Crippen LogP contribution in [0.4, 0.5) is 5.69 Å². The Bertz CT molecular complexity index is 365. The first kappa shape index (κ1) is 14.7. The zero-order valence-corrected chi connectivity index (χ0v) is 11.1. The van der Waals surface area contributed by atoms with E-state index >= 15 is 0 Å². The second-order valence-electron chi connectivity index (χ2n) is 4.22. The fraction of sp³-hybridized carbons (Fsp3) is 0.667. The fourth-order valence-electron chi connectivity index (χ4n) is 1.53. The lowest BCUT2D eigenvalue weighted by molar-refractivity contribution is -0.117. The van der Waals surface area contributed by atoms with Gasteiger partial charge in [0.2, 0.25) is 5.91 Å². The fourth-order valence-corrected chi connectivity index (χ4v) is 1.53. The van der Waals surface area contributed by atoms with Crippen LogP contribution in [0.5, 0.6) is 0 Å². The number of carbonyl (C=O) groups is 1. The summed E-state index contributed by atoms with van der Waals surface area (Å²) in [7, 11) is 1.64. The van der Waals surface area contributed by atoms with E-state index in [1.165, 1.54) is 0 Å². The van der Waals surface area contributed by atoms with Crippen molar-refractivity contribution >= 4 is 11.6 Å². The van der Waals surface area contributed by atoms with Gasteiger partial charge in [0, 0.05) is 13.3 Å². The molecule has 0 aliphatic rings. The van der Waals surface area contributed by atoms with E-state index in [1.54, 1.807) is 24.2 Å². The van der Waals surface area contributed by atoms with Gasteiger partial charge in [0.1, 0.15) is 0 Å². The van der Waals surface area contributed by atoms with Crippen molar-refractivity contribution < 1.29 is 9.53 Å². The molecule has 0 bridgehead atoms. The normalized spacial score (nSPS) is 12.4. The lowest BCUT2D eigenvalue weighted by Gasteiger charge is -2.10. The van der Waals surface area contributed by atoms with Crippen LogP contribution < -0.4 is 11.1 Å². The molecule has 3 N–H and O–H groups in total. The molecule has 0 spiro atoms. The number of carbonyl (C=O) groups excluding carboxylic acids is 1. The molecule has 0 radical (unpaired) electrons. The Morgan fingerprint density at radius 3 is 3.11 bits per heavy atom. The van der Waals surface area contributed by atoms with Crippen molar-refractivity contribution in [2.24, 2.45) is 5.73 Å². The molecular formula is C12H22N4O2. The third-order valence-corrected chi connectivity index (χ3v) is 2.63. The Balaban J connectivity index is 2.41. The number of hydrogen-bond acceptors (Lipinski definition) is 4. The van der Waals surface area contributed by atoms with E-state index in [-0.39, 0.29) is 5.91 Å². The number of anilines is 1. The number of nitrogens with two attached hydrogens (primary N) is 1. The molecule has 1 amide bonds. The van der Waals surface area contributed by atoms with Gasteiger partial charge in [-0.3, -0.25) is 9.48 Å². The van der Waals surface area contributed by atoms with Crippen LogP contribution in [0.25, 0.3) is 0 Å². The van der Waals surface area contributed by atoms with Crippen LogP contribution in [-0.2, 0) is 16.1 Å². The summed E-state index contributed by atoms with van der Waals surface area (Å²) in [6, 6.07) is -0.452.